The number of carbonyl (C=O) groups excluding carboxylic acids is 2. The number of nitrogens with zero attached hydrogens (tertiary/aromatic N) is 1. The lowest BCUT2D eigenvalue weighted by atomic mass is 9.73. The predicted octanol–water partition coefficient (Wildman–Crippen LogP) is 1.46. The van der Waals surface area contributed by atoms with Gasteiger partial charge in [0, 0.05) is 31.5 Å². The van der Waals surface area contributed by atoms with Gasteiger partial charge in [-0.2, -0.15) is 0 Å². The number of aliphatic carboxylic acids is 2. The van der Waals surface area contributed by atoms with Crippen LogP contribution in [0.1, 0.15) is 29.6 Å². The van der Waals surface area contributed by atoms with Gasteiger partial charge >= 0.3 is 11.9 Å². The van der Waals surface area contributed by atoms with Crippen LogP contribution in [-0.2, 0) is 19.1 Å². The molecule has 1 unspecified atom stereocenters. The number of ketones is 2. The molecule has 24 heavy (non-hydrogen) atoms. The molecule has 0 saturated carbocycles. The van der Waals surface area contributed by atoms with Gasteiger partial charge in [0.1, 0.15) is 6.61 Å². The van der Waals surface area contributed by atoms with Crippen LogP contribution in [-0.4, -0.2) is 52.4 Å². The molecule has 0 radical (unpaired) electrons. The number of aromatic nitrogens is 1. The maximum absolute atomic E-state index is 12.7. The summed E-state index contributed by atoms with van der Waals surface area (Å²) in [5.41, 5.74) is -2.60. The molecule has 8 nitrogen and oxygen atoms in total. The van der Waals surface area contributed by atoms with E-state index in [9.17, 15) is 24.3 Å². The van der Waals surface area contributed by atoms with Gasteiger partial charge in [-0.15, -0.1) is 0 Å². The Bertz CT molecular complexity index is 661. The fraction of sp³-hybridized carbons (Fsp3) is 0.400. The summed E-state index contributed by atoms with van der Waals surface area (Å²) in [4.78, 5) is 51.3. The largest absolute Gasteiger partial charge is 0.481 e. The van der Waals surface area contributed by atoms with Crippen LogP contribution < -0.4 is 0 Å². The van der Waals surface area contributed by atoms with E-state index in [0.29, 0.717) is 0 Å². The van der Waals surface area contributed by atoms with Crippen molar-refractivity contribution in [2.75, 3.05) is 13.7 Å². The summed E-state index contributed by atoms with van der Waals surface area (Å²) in [7, 11) is 1.19. The molecular weight excluding hydrogens is 342 g/mol. The van der Waals surface area contributed by atoms with Crippen LogP contribution in [0, 0.1) is 5.41 Å². The molecule has 0 aromatic carbocycles. The van der Waals surface area contributed by atoms with Gasteiger partial charge in [-0.1, -0.05) is 11.6 Å². The van der Waals surface area contributed by atoms with E-state index in [-0.39, 0.29) is 23.4 Å². The predicted molar refractivity (Wildman–Crippen MR) is 82.0 cm³/mol. The number of Topliss-reactive ketones (excluding diaryl/α,β-unsaturated/α-hetero) is 2. The molecule has 130 valence electrons. The van der Waals surface area contributed by atoms with Crippen LogP contribution in [0.2, 0.25) is 5.02 Å². The maximum atomic E-state index is 12.7. The molecule has 1 aromatic heterocycles. The Hall–Kier alpha value is -2.32. The van der Waals surface area contributed by atoms with Crippen molar-refractivity contribution in [1.82, 2.24) is 4.98 Å². The normalized spacial score (nSPS) is 13.1. The van der Waals surface area contributed by atoms with Gasteiger partial charge in [-0.3, -0.25) is 24.2 Å². The Morgan fingerprint density at radius 1 is 1.25 bits per heavy atom. The lowest BCUT2D eigenvalue weighted by Crippen LogP contribution is -2.48. The Balaban J connectivity index is 3.32. The SMILES string of the molecule is COCC(=O)C(CCCC(=O)O)(C(=O)O)C(=O)c1cncc(Cl)c1. The van der Waals surface area contributed by atoms with E-state index < -0.39 is 41.9 Å². The highest BCUT2D eigenvalue weighted by molar-refractivity contribution is 6.32. The molecule has 0 aliphatic heterocycles. The van der Waals surface area contributed by atoms with Crippen molar-refractivity contribution < 1.29 is 34.1 Å². The monoisotopic (exact) mass is 357 g/mol. The van der Waals surface area contributed by atoms with Crippen molar-refractivity contribution in [2.45, 2.75) is 19.3 Å². The fourth-order valence-corrected chi connectivity index (χ4v) is 2.42. The van der Waals surface area contributed by atoms with E-state index in [1.54, 1.807) is 0 Å². The summed E-state index contributed by atoms with van der Waals surface area (Å²) in [6.07, 6.45) is 1.33. The third kappa shape index (κ3) is 4.36. The summed E-state index contributed by atoms with van der Waals surface area (Å²) in [5.74, 6) is -4.80. The number of hydrogen-bond acceptors (Lipinski definition) is 6. The molecule has 0 saturated heterocycles. The zero-order chi connectivity index (χ0) is 18.3. The summed E-state index contributed by atoms with van der Waals surface area (Å²) in [5, 5.41) is 18.4. The number of carboxylic acid groups (broad SMARTS) is 2. The summed E-state index contributed by atoms with van der Waals surface area (Å²) in [6, 6.07) is 1.20. The minimum atomic E-state index is -2.45. The number of methoxy groups -OCH3 is 1. The van der Waals surface area contributed by atoms with Gasteiger partial charge in [0.15, 0.2) is 17.0 Å². The van der Waals surface area contributed by atoms with Gasteiger partial charge in [0.2, 0.25) is 0 Å². The Morgan fingerprint density at radius 3 is 2.42 bits per heavy atom. The Labute approximate surface area is 142 Å². The first kappa shape index (κ1) is 19.7. The molecule has 0 aliphatic rings. The second kappa shape index (κ2) is 8.51. The van der Waals surface area contributed by atoms with Crippen molar-refractivity contribution in [3.05, 3.63) is 29.0 Å². The number of halogens is 1. The first-order valence-corrected chi connectivity index (χ1v) is 7.26. The standard InChI is InChI=1S/C15H16ClNO7/c1-24-8-11(18)15(14(22)23,4-2-3-12(19)20)13(21)9-5-10(16)7-17-6-9/h5-7H,2-4,8H2,1H3,(H,19,20)(H,22,23). The number of rotatable bonds is 10. The maximum Gasteiger partial charge on any atom is 0.325 e. The number of hydrogen-bond donors (Lipinski definition) is 2. The summed E-state index contributed by atoms with van der Waals surface area (Å²) >= 11 is 5.76. The third-order valence-electron chi connectivity index (χ3n) is 3.41. The second-order valence-corrected chi connectivity index (χ2v) is 5.47. The van der Waals surface area contributed by atoms with Crippen LogP contribution in [0.15, 0.2) is 18.5 Å². The van der Waals surface area contributed by atoms with E-state index in [1.165, 1.54) is 19.4 Å². The summed E-state index contributed by atoms with van der Waals surface area (Å²) in [6.45, 7) is -0.598. The van der Waals surface area contributed by atoms with E-state index in [4.69, 9.17) is 16.7 Å². The number of carbonyl (C=O) groups is 4. The zero-order valence-electron chi connectivity index (χ0n) is 12.8. The van der Waals surface area contributed by atoms with Crippen LogP contribution in [0.3, 0.4) is 0 Å². The molecule has 1 aromatic rings. The molecule has 0 amide bonds. The molecule has 1 atom stereocenters. The van der Waals surface area contributed by atoms with Crippen LogP contribution in [0.4, 0.5) is 0 Å². The Morgan fingerprint density at radius 2 is 1.92 bits per heavy atom. The van der Waals surface area contributed by atoms with Crippen molar-refractivity contribution in [3.63, 3.8) is 0 Å². The second-order valence-electron chi connectivity index (χ2n) is 5.03. The summed E-state index contributed by atoms with van der Waals surface area (Å²) < 4.78 is 4.67. The average Bonchev–Trinajstić information content (AvgIpc) is 2.50. The molecule has 0 bridgehead atoms. The molecule has 9 heteroatoms. The molecule has 1 rings (SSSR count). The van der Waals surface area contributed by atoms with Crippen LogP contribution in [0.25, 0.3) is 0 Å². The lowest BCUT2D eigenvalue weighted by Gasteiger charge is -2.26. The highest BCUT2D eigenvalue weighted by Gasteiger charge is 2.52. The van der Waals surface area contributed by atoms with Gasteiger partial charge in [-0.25, -0.2) is 0 Å². The quantitative estimate of drug-likeness (QED) is 0.475. The van der Waals surface area contributed by atoms with Gasteiger partial charge in [0.05, 0.1) is 5.02 Å². The van der Waals surface area contributed by atoms with E-state index in [2.05, 4.69) is 9.72 Å². The first-order valence-electron chi connectivity index (χ1n) is 6.88. The highest BCUT2D eigenvalue weighted by Crippen LogP contribution is 2.32. The topological polar surface area (TPSA) is 131 Å². The average molecular weight is 358 g/mol. The molecule has 2 N–H and O–H groups in total. The highest BCUT2D eigenvalue weighted by atomic mass is 35.5. The van der Waals surface area contributed by atoms with Gasteiger partial charge in [-0.05, 0) is 18.9 Å². The van der Waals surface area contributed by atoms with Crippen LogP contribution >= 0.6 is 11.6 Å². The number of pyridine rings is 1. The number of carboxylic acids is 2. The Kier molecular flexibility index (Phi) is 6.99. The minimum absolute atomic E-state index is 0.102. The molecule has 0 fully saturated rings. The molecule has 1 heterocycles. The van der Waals surface area contributed by atoms with Crippen molar-refractivity contribution >= 4 is 35.1 Å². The van der Waals surface area contributed by atoms with E-state index in [0.717, 1.165) is 6.20 Å². The van der Waals surface area contributed by atoms with Crippen molar-refractivity contribution in [3.8, 4) is 0 Å². The van der Waals surface area contributed by atoms with Crippen molar-refractivity contribution in [1.29, 1.82) is 0 Å². The minimum Gasteiger partial charge on any atom is -0.481 e. The molecule has 0 aliphatic carbocycles. The van der Waals surface area contributed by atoms with E-state index in [1.807, 2.05) is 0 Å². The first-order chi connectivity index (χ1) is 11.3. The smallest absolute Gasteiger partial charge is 0.325 e. The van der Waals surface area contributed by atoms with Gasteiger partial charge < -0.3 is 14.9 Å². The fourth-order valence-electron chi connectivity index (χ4n) is 2.24. The van der Waals surface area contributed by atoms with Gasteiger partial charge in [0.25, 0.3) is 0 Å². The third-order valence-corrected chi connectivity index (χ3v) is 3.62. The zero-order valence-corrected chi connectivity index (χ0v) is 13.6. The van der Waals surface area contributed by atoms with E-state index >= 15 is 0 Å². The molecular formula is C15H16ClNO7. The number of ether oxygens (including phenoxy) is 1. The molecule has 0 spiro atoms. The van der Waals surface area contributed by atoms with Crippen molar-refractivity contribution in [2.24, 2.45) is 5.41 Å². The van der Waals surface area contributed by atoms with Crippen LogP contribution in [0.5, 0.6) is 0 Å². The lowest BCUT2D eigenvalue weighted by molar-refractivity contribution is -0.153.